The molecule has 0 aromatic heterocycles. The second kappa shape index (κ2) is 9.51. The van der Waals surface area contributed by atoms with Gasteiger partial charge in [-0.2, -0.15) is 0 Å². The number of rotatable bonds is 7. The maximum Gasteiger partial charge on any atom is 0.224 e. The third-order valence-electron chi connectivity index (χ3n) is 4.27. The highest BCUT2D eigenvalue weighted by Gasteiger charge is 2.25. The Morgan fingerprint density at radius 3 is 2.88 bits per heavy atom. The highest BCUT2D eigenvalue weighted by Crippen LogP contribution is 2.19. The fraction of sp³-hybridized carbons (Fsp3) is 0.579. The van der Waals surface area contributed by atoms with Crippen LogP contribution in [0.2, 0.25) is 0 Å². The smallest absolute Gasteiger partial charge is 0.224 e. The van der Waals surface area contributed by atoms with E-state index in [4.69, 9.17) is 0 Å². The lowest BCUT2D eigenvalue weighted by atomic mass is 9.96. The van der Waals surface area contributed by atoms with Gasteiger partial charge in [0.1, 0.15) is 5.82 Å². The number of carbonyl (C=O) groups is 2. The topological polar surface area (TPSA) is 61.4 Å². The molecule has 0 aliphatic carbocycles. The van der Waals surface area contributed by atoms with E-state index in [0.29, 0.717) is 26.1 Å². The van der Waals surface area contributed by atoms with Crippen molar-refractivity contribution < 1.29 is 14.0 Å². The van der Waals surface area contributed by atoms with Crippen LogP contribution in [0.15, 0.2) is 24.3 Å². The summed E-state index contributed by atoms with van der Waals surface area (Å²) in [4.78, 5) is 26.1. The number of likely N-dealkylation sites (tertiary alicyclic amines) is 1. The number of piperidine rings is 1. The van der Waals surface area contributed by atoms with Gasteiger partial charge in [0, 0.05) is 32.1 Å². The molecule has 1 fully saturated rings. The van der Waals surface area contributed by atoms with Crippen LogP contribution in [-0.2, 0) is 16.1 Å². The molecule has 2 amide bonds. The first kappa shape index (κ1) is 19.4. The van der Waals surface area contributed by atoms with Crippen molar-refractivity contribution in [2.24, 2.45) is 5.92 Å². The van der Waals surface area contributed by atoms with E-state index >= 15 is 0 Å². The Balaban J connectivity index is 1.76. The fourth-order valence-corrected chi connectivity index (χ4v) is 3.14. The van der Waals surface area contributed by atoms with Gasteiger partial charge in [-0.25, -0.2) is 4.39 Å². The van der Waals surface area contributed by atoms with E-state index in [-0.39, 0.29) is 29.6 Å². The minimum atomic E-state index is -0.233. The number of amides is 2. The lowest BCUT2D eigenvalue weighted by Crippen LogP contribution is -2.43. The average molecular weight is 349 g/mol. The number of halogens is 1. The fourth-order valence-electron chi connectivity index (χ4n) is 3.14. The predicted octanol–water partition coefficient (Wildman–Crippen LogP) is 2.07. The molecule has 1 aliphatic heterocycles. The van der Waals surface area contributed by atoms with Crippen LogP contribution in [-0.4, -0.2) is 42.4 Å². The Morgan fingerprint density at radius 2 is 2.16 bits per heavy atom. The minimum absolute atomic E-state index is 0.00119. The molecule has 1 heterocycles. The van der Waals surface area contributed by atoms with Crippen molar-refractivity contribution in [1.29, 1.82) is 0 Å². The SMILES string of the molecule is CC(C)NC(=O)CCNC(=O)[C@H]1CCCN(Cc2cccc(F)c2)C1. The van der Waals surface area contributed by atoms with E-state index in [0.717, 1.165) is 24.9 Å². The van der Waals surface area contributed by atoms with E-state index in [1.807, 2.05) is 19.9 Å². The van der Waals surface area contributed by atoms with Crippen molar-refractivity contribution in [1.82, 2.24) is 15.5 Å². The van der Waals surface area contributed by atoms with Crippen molar-refractivity contribution in [3.63, 3.8) is 0 Å². The average Bonchev–Trinajstić information content (AvgIpc) is 2.54. The van der Waals surface area contributed by atoms with Gasteiger partial charge in [-0.3, -0.25) is 14.5 Å². The van der Waals surface area contributed by atoms with Crippen LogP contribution < -0.4 is 10.6 Å². The lowest BCUT2D eigenvalue weighted by molar-refractivity contribution is -0.127. The van der Waals surface area contributed by atoms with Gasteiger partial charge in [0.2, 0.25) is 11.8 Å². The molecule has 0 bridgehead atoms. The van der Waals surface area contributed by atoms with Crippen LogP contribution in [0.25, 0.3) is 0 Å². The van der Waals surface area contributed by atoms with Crippen molar-refractivity contribution in [3.05, 3.63) is 35.6 Å². The molecule has 2 N–H and O–H groups in total. The molecule has 5 nitrogen and oxygen atoms in total. The molecule has 0 spiro atoms. The summed E-state index contributed by atoms with van der Waals surface area (Å²) in [6.45, 7) is 6.41. The molecule has 6 heteroatoms. The first-order valence-corrected chi connectivity index (χ1v) is 8.98. The Hall–Kier alpha value is -1.95. The molecular formula is C19H28FN3O2. The highest BCUT2D eigenvalue weighted by atomic mass is 19.1. The van der Waals surface area contributed by atoms with Gasteiger partial charge in [0.15, 0.2) is 0 Å². The van der Waals surface area contributed by atoms with Crippen LogP contribution >= 0.6 is 0 Å². The van der Waals surface area contributed by atoms with Gasteiger partial charge < -0.3 is 10.6 Å². The predicted molar refractivity (Wildman–Crippen MR) is 95.3 cm³/mol. The van der Waals surface area contributed by atoms with Gasteiger partial charge >= 0.3 is 0 Å². The number of hydrogen-bond donors (Lipinski definition) is 2. The molecule has 1 aromatic carbocycles. The third kappa shape index (κ3) is 6.82. The van der Waals surface area contributed by atoms with Gasteiger partial charge in [-0.1, -0.05) is 12.1 Å². The summed E-state index contributed by atoms with van der Waals surface area (Å²) in [5.74, 6) is -0.355. The standard InChI is InChI=1S/C19H28FN3O2/c1-14(2)22-18(24)8-9-21-19(25)16-6-4-10-23(13-16)12-15-5-3-7-17(20)11-15/h3,5,7,11,14,16H,4,6,8-10,12-13H2,1-2H3,(H,21,25)(H,22,24)/t16-/m0/s1. The summed E-state index contributed by atoms with van der Waals surface area (Å²) in [5.41, 5.74) is 0.923. The Bertz CT molecular complexity index is 592. The minimum Gasteiger partial charge on any atom is -0.355 e. The van der Waals surface area contributed by atoms with E-state index in [9.17, 15) is 14.0 Å². The van der Waals surface area contributed by atoms with Crippen molar-refractivity contribution in [3.8, 4) is 0 Å². The van der Waals surface area contributed by atoms with Gasteiger partial charge in [0.05, 0.1) is 5.92 Å². The third-order valence-corrected chi connectivity index (χ3v) is 4.27. The van der Waals surface area contributed by atoms with E-state index in [1.54, 1.807) is 6.07 Å². The van der Waals surface area contributed by atoms with Crippen LogP contribution in [0, 0.1) is 11.7 Å². The molecule has 2 rings (SSSR count). The summed E-state index contributed by atoms with van der Waals surface area (Å²) < 4.78 is 13.3. The summed E-state index contributed by atoms with van der Waals surface area (Å²) >= 11 is 0. The van der Waals surface area contributed by atoms with Crippen molar-refractivity contribution in [2.75, 3.05) is 19.6 Å². The van der Waals surface area contributed by atoms with Gasteiger partial charge in [-0.05, 0) is 50.9 Å². The highest BCUT2D eigenvalue weighted by molar-refractivity contribution is 5.80. The van der Waals surface area contributed by atoms with E-state index < -0.39 is 0 Å². The molecule has 0 unspecified atom stereocenters. The number of carbonyl (C=O) groups excluding carboxylic acids is 2. The van der Waals surface area contributed by atoms with Crippen LogP contribution in [0.3, 0.4) is 0 Å². The van der Waals surface area contributed by atoms with E-state index in [1.165, 1.54) is 12.1 Å². The zero-order valence-electron chi connectivity index (χ0n) is 15.1. The van der Waals surface area contributed by atoms with Gasteiger partial charge in [0.25, 0.3) is 0 Å². The van der Waals surface area contributed by atoms with Crippen molar-refractivity contribution >= 4 is 11.8 Å². The molecule has 1 atom stereocenters. The van der Waals surface area contributed by atoms with Crippen LogP contribution in [0.1, 0.15) is 38.7 Å². The Kier molecular flexibility index (Phi) is 7.37. The molecule has 1 aliphatic rings. The van der Waals surface area contributed by atoms with Gasteiger partial charge in [-0.15, -0.1) is 0 Å². The molecule has 138 valence electrons. The van der Waals surface area contributed by atoms with Crippen molar-refractivity contribution in [2.45, 2.75) is 45.7 Å². The molecule has 1 aromatic rings. The van der Waals surface area contributed by atoms with E-state index in [2.05, 4.69) is 15.5 Å². The summed E-state index contributed by atoms with van der Waals surface area (Å²) in [7, 11) is 0. The maximum absolute atomic E-state index is 13.3. The number of benzene rings is 1. The molecular weight excluding hydrogens is 321 g/mol. The first-order valence-electron chi connectivity index (χ1n) is 8.98. The quantitative estimate of drug-likeness (QED) is 0.792. The van der Waals surface area contributed by atoms with Crippen LogP contribution in [0.4, 0.5) is 4.39 Å². The number of hydrogen-bond acceptors (Lipinski definition) is 3. The molecule has 1 saturated heterocycles. The maximum atomic E-state index is 13.3. The number of nitrogens with zero attached hydrogens (tertiary/aromatic N) is 1. The zero-order valence-corrected chi connectivity index (χ0v) is 15.1. The molecule has 0 radical (unpaired) electrons. The molecule has 25 heavy (non-hydrogen) atoms. The largest absolute Gasteiger partial charge is 0.355 e. The number of nitrogens with one attached hydrogen (secondary N) is 2. The first-order chi connectivity index (χ1) is 11.9. The summed E-state index contributed by atoms with van der Waals surface area (Å²) in [5, 5.41) is 5.67. The second-order valence-corrected chi connectivity index (χ2v) is 6.97. The second-order valence-electron chi connectivity index (χ2n) is 6.97. The molecule has 0 saturated carbocycles. The lowest BCUT2D eigenvalue weighted by Gasteiger charge is -2.32. The Morgan fingerprint density at radius 1 is 1.36 bits per heavy atom. The Labute approximate surface area is 149 Å². The summed E-state index contributed by atoms with van der Waals surface area (Å²) in [6.07, 6.45) is 2.09. The summed E-state index contributed by atoms with van der Waals surface area (Å²) in [6, 6.07) is 6.70. The van der Waals surface area contributed by atoms with Crippen LogP contribution in [0.5, 0.6) is 0 Å². The normalized spacial score (nSPS) is 18.2. The zero-order chi connectivity index (χ0) is 18.2. The monoisotopic (exact) mass is 349 g/mol.